The van der Waals surface area contributed by atoms with Crippen molar-refractivity contribution in [1.29, 1.82) is 0 Å². The van der Waals surface area contributed by atoms with Gasteiger partial charge in [0.2, 0.25) is 0 Å². The van der Waals surface area contributed by atoms with Crippen molar-refractivity contribution in [2.75, 3.05) is 19.5 Å². The van der Waals surface area contributed by atoms with Crippen molar-refractivity contribution >= 4 is 17.3 Å². The standard InChI is InChI=1S/C16H18ClNO3/c1-10-6-13(15(20-2)8-12(10)17)18-9-11-4-5-14(19)16(7-11)21-3/h4-8,18-19H,9H2,1-3H3. The summed E-state index contributed by atoms with van der Waals surface area (Å²) in [6.07, 6.45) is 0. The summed E-state index contributed by atoms with van der Waals surface area (Å²) >= 11 is 6.09. The molecule has 0 amide bonds. The molecule has 4 nitrogen and oxygen atoms in total. The van der Waals surface area contributed by atoms with E-state index in [0.717, 1.165) is 16.8 Å². The van der Waals surface area contributed by atoms with Crippen LogP contribution in [0.5, 0.6) is 17.2 Å². The second-order valence-electron chi connectivity index (χ2n) is 4.66. The van der Waals surface area contributed by atoms with E-state index >= 15 is 0 Å². The molecule has 0 aromatic heterocycles. The van der Waals surface area contributed by atoms with E-state index in [0.29, 0.717) is 23.1 Å². The molecule has 0 aliphatic heterocycles. The maximum atomic E-state index is 9.59. The molecule has 0 fully saturated rings. The smallest absolute Gasteiger partial charge is 0.160 e. The van der Waals surface area contributed by atoms with Gasteiger partial charge in [0.05, 0.1) is 19.9 Å². The number of anilines is 1. The van der Waals surface area contributed by atoms with Gasteiger partial charge in [-0.05, 0) is 36.2 Å². The number of hydrogen-bond acceptors (Lipinski definition) is 4. The average Bonchev–Trinajstić information content (AvgIpc) is 2.49. The lowest BCUT2D eigenvalue weighted by atomic mass is 10.1. The second kappa shape index (κ2) is 6.59. The molecule has 0 aliphatic rings. The highest BCUT2D eigenvalue weighted by molar-refractivity contribution is 6.31. The Morgan fingerprint density at radius 2 is 1.81 bits per heavy atom. The molecule has 0 atom stereocenters. The van der Waals surface area contributed by atoms with E-state index in [1.807, 2.05) is 19.1 Å². The molecule has 0 aliphatic carbocycles. The second-order valence-corrected chi connectivity index (χ2v) is 5.07. The Balaban J connectivity index is 2.18. The quantitative estimate of drug-likeness (QED) is 0.877. The van der Waals surface area contributed by atoms with Crippen LogP contribution >= 0.6 is 11.6 Å². The third kappa shape index (κ3) is 3.52. The first-order chi connectivity index (χ1) is 10.0. The van der Waals surface area contributed by atoms with Gasteiger partial charge in [-0.25, -0.2) is 0 Å². The number of phenolic OH excluding ortho intramolecular Hbond substituents is 1. The number of hydrogen-bond donors (Lipinski definition) is 2. The molecule has 0 heterocycles. The summed E-state index contributed by atoms with van der Waals surface area (Å²) in [6.45, 7) is 2.52. The predicted octanol–water partition coefficient (Wildman–Crippen LogP) is 3.98. The zero-order valence-corrected chi connectivity index (χ0v) is 13.0. The third-order valence-corrected chi connectivity index (χ3v) is 3.62. The monoisotopic (exact) mass is 307 g/mol. The van der Waals surface area contributed by atoms with Crippen molar-refractivity contribution < 1.29 is 14.6 Å². The van der Waals surface area contributed by atoms with Crippen LogP contribution in [-0.4, -0.2) is 19.3 Å². The highest BCUT2D eigenvalue weighted by Gasteiger charge is 2.08. The number of benzene rings is 2. The first-order valence-electron chi connectivity index (χ1n) is 6.49. The van der Waals surface area contributed by atoms with Crippen LogP contribution in [-0.2, 0) is 6.54 Å². The number of nitrogens with one attached hydrogen (secondary N) is 1. The van der Waals surface area contributed by atoms with Gasteiger partial charge >= 0.3 is 0 Å². The maximum Gasteiger partial charge on any atom is 0.160 e. The van der Waals surface area contributed by atoms with E-state index in [1.54, 1.807) is 25.3 Å². The molecule has 2 N–H and O–H groups in total. The fraction of sp³-hybridized carbons (Fsp3) is 0.250. The fourth-order valence-corrected chi connectivity index (χ4v) is 2.15. The SMILES string of the molecule is COc1cc(CNc2cc(C)c(Cl)cc2OC)ccc1O. The lowest BCUT2D eigenvalue weighted by Gasteiger charge is -2.14. The van der Waals surface area contributed by atoms with Crippen LogP contribution in [0.2, 0.25) is 5.02 Å². The molecule has 2 aromatic rings. The molecule has 0 radical (unpaired) electrons. The van der Waals surface area contributed by atoms with Crippen LogP contribution in [0.25, 0.3) is 0 Å². The molecule has 112 valence electrons. The van der Waals surface area contributed by atoms with Crippen molar-refractivity contribution in [1.82, 2.24) is 0 Å². The van der Waals surface area contributed by atoms with Crippen LogP contribution < -0.4 is 14.8 Å². The number of methoxy groups -OCH3 is 2. The Bertz CT molecular complexity index is 644. The number of halogens is 1. The van der Waals surface area contributed by atoms with Crippen molar-refractivity contribution in [3.8, 4) is 17.2 Å². The molecule has 0 saturated heterocycles. The molecule has 5 heteroatoms. The van der Waals surface area contributed by atoms with Gasteiger partial charge in [0.1, 0.15) is 5.75 Å². The fourth-order valence-electron chi connectivity index (χ4n) is 2.00. The summed E-state index contributed by atoms with van der Waals surface area (Å²) in [5.41, 5.74) is 2.83. The third-order valence-electron chi connectivity index (χ3n) is 3.21. The average molecular weight is 308 g/mol. The van der Waals surface area contributed by atoms with Gasteiger partial charge in [0.15, 0.2) is 11.5 Å². The highest BCUT2D eigenvalue weighted by atomic mass is 35.5. The van der Waals surface area contributed by atoms with Crippen LogP contribution in [0.1, 0.15) is 11.1 Å². The van der Waals surface area contributed by atoms with Gasteiger partial charge in [-0.3, -0.25) is 0 Å². The van der Waals surface area contributed by atoms with Crippen LogP contribution in [0.3, 0.4) is 0 Å². The van der Waals surface area contributed by atoms with Crippen LogP contribution in [0.4, 0.5) is 5.69 Å². The number of ether oxygens (including phenoxy) is 2. The Morgan fingerprint density at radius 1 is 1.10 bits per heavy atom. The van der Waals surface area contributed by atoms with Crippen molar-refractivity contribution in [2.24, 2.45) is 0 Å². The number of aromatic hydroxyl groups is 1. The van der Waals surface area contributed by atoms with E-state index in [9.17, 15) is 5.11 Å². The minimum Gasteiger partial charge on any atom is -0.504 e. The van der Waals surface area contributed by atoms with Crippen molar-refractivity contribution in [3.05, 3.63) is 46.5 Å². The zero-order chi connectivity index (χ0) is 15.4. The zero-order valence-electron chi connectivity index (χ0n) is 12.2. The molecule has 0 saturated carbocycles. The van der Waals surface area contributed by atoms with Crippen LogP contribution in [0.15, 0.2) is 30.3 Å². The van der Waals surface area contributed by atoms with Gasteiger partial charge in [-0.2, -0.15) is 0 Å². The first kappa shape index (κ1) is 15.3. The van der Waals surface area contributed by atoms with Gasteiger partial charge in [0, 0.05) is 17.6 Å². The molecular formula is C16H18ClNO3. The lowest BCUT2D eigenvalue weighted by Crippen LogP contribution is -2.02. The molecule has 0 unspecified atom stereocenters. The minimum absolute atomic E-state index is 0.126. The normalized spacial score (nSPS) is 10.3. The summed E-state index contributed by atoms with van der Waals surface area (Å²) in [5, 5.41) is 13.6. The summed E-state index contributed by atoms with van der Waals surface area (Å²) in [5.74, 6) is 1.27. The Hall–Kier alpha value is -2.07. The molecular weight excluding hydrogens is 290 g/mol. The van der Waals surface area contributed by atoms with Gasteiger partial charge in [-0.15, -0.1) is 0 Å². The van der Waals surface area contributed by atoms with E-state index in [4.69, 9.17) is 21.1 Å². The lowest BCUT2D eigenvalue weighted by molar-refractivity contribution is 0.373. The maximum absolute atomic E-state index is 9.59. The topological polar surface area (TPSA) is 50.7 Å². The summed E-state index contributed by atoms with van der Waals surface area (Å²) in [4.78, 5) is 0. The molecule has 0 spiro atoms. The molecule has 21 heavy (non-hydrogen) atoms. The largest absolute Gasteiger partial charge is 0.504 e. The van der Waals surface area contributed by atoms with E-state index in [-0.39, 0.29) is 5.75 Å². The molecule has 2 rings (SSSR count). The number of phenols is 1. The van der Waals surface area contributed by atoms with E-state index in [1.165, 1.54) is 7.11 Å². The van der Waals surface area contributed by atoms with Gasteiger partial charge < -0.3 is 19.9 Å². The van der Waals surface area contributed by atoms with Gasteiger partial charge in [0.25, 0.3) is 0 Å². The molecule has 2 aromatic carbocycles. The predicted molar refractivity (Wildman–Crippen MR) is 84.7 cm³/mol. The van der Waals surface area contributed by atoms with Crippen molar-refractivity contribution in [3.63, 3.8) is 0 Å². The summed E-state index contributed by atoms with van der Waals surface area (Å²) in [7, 11) is 3.13. The molecule has 0 bridgehead atoms. The minimum atomic E-state index is 0.126. The highest BCUT2D eigenvalue weighted by Crippen LogP contribution is 2.32. The number of aryl methyl sites for hydroxylation is 1. The first-order valence-corrected chi connectivity index (χ1v) is 6.87. The van der Waals surface area contributed by atoms with Crippen LogP contribution in [0, 0.1) is 6.92 Å². The summed E-state index contributed by atoms with van der Waals surface area (Å²) < 4.78 is 10.4. The van der Waals surface area contributed by atoms with E-state index < -0.39 is 0 Å². The van der Waals surface area contributed by atoms with E-state index in [2.05, 4.69) is 5.32 Å². The van der Waals surface area contributed by atoms with Crippen molar-refractivity contribution in [2.45, 2.75) is 13.5 Å². The number of rotatable bonds is 5. The summed E-state index contributed by atoms with van der Waals surface area (Å²) in [6, 6.07) is 8.97. The Kier molecular flexibility index (Phi) is 4.81. The van der Waals surface area contributed by atoms with Gasteiger partial charge in [-0.1, -0.05) is 17.7 Å². The Morgan fingerprint density at radius 3 is 2.48 bits per heavy atom. The Labute approximate surface area is 129 Å².